The van der Waals surface area contributed by atoms with Gasteiger partial charge in [0.05, 0.1) is 34.1 Å². The second-order valence-electron chi connectivity index (χ2n) is 8.05. The highest BCUT2D eigenvalue weighted by molar-refractivity contribution is 9.10. The van der Waals surface area contributed by atoms with Crippen molar-refractivity contribution in [3.05, 3.63) is 47.3 Å². The standard InChI is InChI=1S/C23H27BrN6O3/c1-13(32)20(30-6-5-17-22(26-2)27-12-28-23(17)30)7-14(10-31)11-33-16-4-3-15-8-18(24)21(25)29-19(15)9-16/h3-6,8-9,12-14,20,31-32H,7,10-11H2,1-2H3,(H2,25,29)(H,26,27,28)/t13-,14+,20-/m1/s1. The van der Waals surface area contributed by atoms with Gasteiger partial charge in [-0.05, 0) is 53.5 Å². The normalized spacial score (nSPS) is 14.3. The number of aromatic nitrogens is 4. The fourth-order valence-electron chi connectivity index (χ4n) is 3.96. The van der Waals surface area contributed by atoms with Gasteiger partial charge in [-0.3, -0.25) is 0 Å². The van der Waals surface area contributed by atoms with Gasteiger partial charge in [-0.1, -0.05) is 0 Å². The van der Waals surface area contributed by atoms with E-state index < -0.39 is 6.10 Å². The molecule has 5 N–H and O–H groups in total. The molecule has 0 saturated carbocycles. The number of ether oxygens (including phenoxy) is 1. The van der Waals surface area contributed by atoms with Gasteiger partial charge in [-0.15, -0.1) is 0 Å². The third-order valence-electron chi connectivity index (χ3n) is 5.75. The van der Waals surface area contributed by atoms with Crippen molar-refractivity contribution in [1.82, 2.24) is 19.5 Å². The smallest absolute Gasteiger partial charge is 0.145 e. The highest BCUT2D eigenvalue weighted by Gasteiger charge is 2.24. The lowest BCUT2D eigenvalue weighted by Gasteiger charge is -2.26. The largest absolute Gasteiger partial charge is 0.493 e. The van der Waals surface area contributed by atoms with Crippen molar-refractivity contribution < 1.29 is 14.9 Å². The lowest BCUT2D eigenvalue weighted by Crippen LogP contribution is -2.28. The molecule has 1 aromatic carbocycles. The molecule has 33 heavy (non-hydrogen) atoms. The van der Waals surface area contributed by atoms with Crippen molar-refractivity contribution in [3.63, 3.8) is 0 Å². The van der Waals surface area contributed by atoms with Crippen molar-refractivity contribution in [2.45, 2.75) is 25.5 Å². The number of aliphatic hydroxyl groups is 2. The highest BCUT2D eigenvalue weighted by atomic mass is 79.9. The summed E-state index contributed by atoms with van der Waals surface area (Å²) in [5, 5.41) is 25.4. The maximum Gasteiger partial charge on any atom is 0.145 e. The maximum atomic E-state index is 10.5. The molecule has 174 valence electrons. The Morgan fingerprint density at radius 2 is 2.06 bits per heavy atom. The molecule has 0 aliphatic heterocycles. The quantitative estimate of drug-likeness (QED) is 0.267. The summed E-state index contributed by atoms with van der Waals surface area (Å²) in [5.74, 6) is 1.58. The highest BCUT2D eigenvalue weighted by Crippen LogP contribution is 2.30. The van der Waals surface area contributed by atoms with Crippen LogP contribution in [0.15, 0.2) is 47.3 Å². The Kier molecular flexibility index (Phi) is 6.96. The number of nitrogens with two attached hydrogens (primary N) is 1. The zero-order valence-electron chi connectivity index (χ0n) is 18.4. The van der Waals surface area contributed by atoms with Gasteiger partial charge < -0.3 is 30.6 Å². The Labute approximate surface area is 199 Å². The molecule has 3 heterocycles. The van der Waals surface area contributed by atoms with Gasteiger partial charge in [0.25, 0.3) is 0 Å². The molecule has 0 spiro atoms. The summed E-state index contributed by atoms with van der Waals surface area (Å²) in [7, 11) is 1.81. The van der Waals surface area contributed by atoms with Crippen LogP contribution in [0.2, 0.25) is 0 Å². The Bertz CT molecular complexity index is 1260. The van der Waals surface area contributed by atoms with Crippen LogP contribution in [0.3, 0.4) is 0 Å². The molecule has 0 bridgehead atoms. The number of aliphatic hydroxyl groups excluding tert-OH is 2. The first-order chi connectivity index (χ1) is 15.9. The van der Waals surface area contributed by atoms with E-state index in [1.807, 2.05) is 41.1 Å². The molecule has 9 nitrogen and oxygen atoms in total. The van der Waals surface area contributed by atoms with Gasteiger partial charge in [0.2, 0.25) is 0 Å². The summed E-state index contributed by atoms with van der Waals surface area (Å²) in [5.41, 5.74) is 7.35. The molecule has 0 fully saturated rings. The summed E-state index contributed by atoms with van der Waals surface area (Å²) in [6.07, 6.45) is 3.23. The van der Waals surface area contributed by atoms with Gasteiger partial charge in [0, 0.05) is 37.2 Å². The van der Waals surface area contributed by atoms with Crippen molar-refractivity contribution in [2.75, 3.05) is 31.3 Å². The summed E-state index contributed by atoms with van der Waals surface area (Å²) < 4.78 is 8.66. The van der Waals surface area contributed by atoms with Crippen molar-refractivity contribution >= 4 is 49.5 Å². The second kappa shape index (κ2) is 9.90. The lowest BCUT2D eigenvalue weighted by atomic mass is 9.97. The van der Waals surface area contributed by atoms with Gasteiger partial charge in [0.1, 0.15) is 29.4 Å². The molecule has 0 aliphatic carbocycles. The van der Waals surface area contributed by atoms with Crippen LogP contribution >= 0.6 is 15.9 Å². The monoisotopic (exact) mass is 514 g/mol. The minimum atomic E-state index is -0.658. The van der Waals surface area contributed by atoms with E-state index in [4.69, 9.17) is 10.5 Å². The van der Waals surface area contributed by atoms with E-state index in [0.29, 0.717) is 18.0 Å². The lowest BCUT2D eigenvalue weighted by molar-refractivity contribution is 0.0860. The number of nitrogens with one attached hydrogen (secondary N) is 1. The van der Waals surface area contributed by atoms with Crippen molar-refractivity contribution in [2.24, 2.45) is 5.92 Å². The Balaban J connectivity index is 1.51. The SMILES string of the molecule is CNc1ncnc2c1ccn2[C@H](C[C@@H](CO)COc1ccc2cc(Br)c(N)nc2c1)[C@@H](C)O. The van der Waals surface area contributed by atoms with Gasteiger partial charge in [-0.25, -0.2) is 15.0 Å². The molecule has 0 radical (unpaired) electrons. The first-order valence-electron chi connectivity index (χ1n) is 10.7. The number of benzene rings is 1. The summed E-state index contributed by atoms with van der Waals surface area (Å²) in [6, 6.07) is 9.15. The second-order valence-corrected chi connectivity index (χ2v) is 8.90. The minimum Gasteiger partial charge on any atom is -0.493 e. The van der Waals surface area contributed by atoms with E-state index in [0.717, 1.165) is 32.2 Å². The number of pyridine rings is 1. The molecule has 0 amide bonds. The molecular weight excluding hydrogens is 488 g/mol. The molecule has 0 unspecified atom stereocenters. The van der Waals surface area contributed by atoms with Crippen LogP contribution in [0.25, 0.3) is 21.9 Å². The number of nitrogen functional groups attached to an aromatic ring is 1. The zero-order valence-corrected chi connectivity index (χ0v) is 20.0. The van der Waals surface area contributed by atoms with E-state index in [2.05, 4.69) is 36.2 Å². The molecule has 0 aliphatic rings. The van der Waals surface area contributed by atoms with Crippen LogP contribution in [0.1, 0.15) is 19.4 Å². The number of halogens is 1. The molecule has 4 aromatic rings. The van der Waals surface area contributed by atoms with Crippen LogP contribution in [0, 0.1) is 5.92 Å². The zero-order chi connectivity index (χ0) is 23.5. The molecule has 0 saturated heterocycles. The molecule has 3 aromatic heterocycles. The molecule has 10 heteroatoms. The molecule has 3 atom stereocenters. The maximum absolute atomic E-state index is 10.5. The summed E-state index contributed by atoms with van der Waals surface area (Å²) in [4.78, 5) is 13.0. The molecular formula is C23H27BrN6O3. The first-order valence-corrected chi connectivity index (χ1v) is 11.5. The summed E-state index contributed by atoms with van der Waals surface area (Å²) >= 11 is 3.39. The minimum absolute atomic E-state index is 0.0785. The third kappa shape index (κ3) is 4.87. The van der Waals surface area contributed by atoms with E-state index in [-0.39, 0.29) is 25.2 Å². The Hall–Kier alpha value is -2.95. The number of hydrogen-bond acceptors (Lipinski definition) is 8. The molecule has 4 rings (SSSR count). The average molecular weight is 515 g/mol. The predicted octanol–water partition coefficient (Wildman–Crippen LogP) is 3.37. The van der Waals surface area contributed by atoms with Crippen LogP contribution in [0.5, 0.6) is 5.75 Å². The Morgan fingerprint density at radius 3 is 2.79 bits per heavy atom. The third-order valence-corrected chi connectivity index (χ3v) is 6.38. The van der Waals surface area contributed by atoms with Gasteiger partial charge in [-0.2, -0.15) is 0 Å². The topological polar surface area (TPSA) is 131 Å². The number of fused-ring (bicyclic) bond motifs is 2. The van der Waals surface area contributed by atoms with Crippen molar-refractivity contribution in [3.8, 4) is 5.75 Å². The van der Waals surface area contributed by atoms with Crippen molar-refractivity contribution in [1.29, 1.82) is 0 Å². The van der Waals surface area contributed by atoms with Gasteiger partial charge >= 0.3 is 0 Å². The van der Waals surface area contributed by atoms with Gasteiger partial charge in [0.15, 0.2) is 0 Å². The van der Waals surface area contributed by atoms with E-state index >= 15 is 0 Å². The first kappa shape index (κ1) is 23.2. The average Bonchev–Trinajstić information content (AvgIpc) is 3.23. The van der Waals surface area contributed by atoms with E-state index in [1.54, 1.807) is 14.0 Å². The number of hydrogen-bond donors (Lipinski definition) is 4. The fraction of sp³-hybridized carbons (Fsp3) is 0.348. The fourth-order valence-corrected chi connectivity index (χ4v) is 4.29. The van der Waals surface area contributed by atoms with Crippen LogP contribution in [-0.2, 0) is 0 Å². The van der Waals surface area contributed by atoms with E-state index in [9.17, 15) is 10.2 Å². The van der Waals surface area contributed by atoms with Crippen LogP contribution in [0.4, 0.5) is 11.6 Å². The number of anilines is 2. The number of nitrogens with zero attached hydrogens (tertiary/aromatic N) is 4. The van der Waals surface area contributed by atoms with Crippen LogP contribution < -0.4 is 15.8 Å². The van der Waals surface area contributed by atoms with E-state index in [1.165, 1.54) is 6.33 Å². The predicted molar refractivity (Wildman–Crippen MR) is 132 cm³/mol. The number of rotatable bonds is 9. The Morgan fingerprint density at radius 1 is 1.24 bits per heavy atom. The van der Waals surface area contributed by atoms with Crippen LogP contribution in [-0.4, -0.2) is 56.1 Å². The summed E-state index contributed by atoms with van der Waals surface area (Å²) in [6.45, 7) is 1.95.